The Kier molecular flexibility index (Phi) is 7.27. The zero-order valence-corrected chi connectivity index (χ0v) is 20.4. The lowest BCUT2D eigenvalue weighted by molar-refractivity contribution is -0.157. The third kappa shape index (κ3) is 4.75. The molecule has 0 saturated carbocycles. The normalized spacial score (nSPS) is 28.8. The van der Waals surface area contributed by atoms with Crippen molar-refractivity contribution in [2.24, 2.45) is 5.92 Å². The molecule has 4 heterocycles. The molecule has 4 atom stereocenters. The standard InChI is InChI=1S/C21H30N4O6S2/c1-3-14(27)16-18(29)25-17(20(30)31)21(33-19(16)25)32-13-4-5-22(10-13)11-15(28)24-8-6-23(7-9-24)12(2)26/h13-14,16,19,27H,3-11H2,1-2H3,(H,30,31)/t13-,14-,16+,19+/m0/s1. The second kappa shape index (κ2) is 9.85. The van der Waals surface area contributed by atoms with E-state index in [0.717, 1.165) is 13.0 Å². The Morgan fingerprint density at radius 1 is 1.15 bits per heavy atom. The van der Waals surface area contributed by atoms with Crippen LogP contribution in [0.15, 0.2) is 9.93 Å². The molecule has 3 amide bonds. The molecule has 0 radical (unpaired) electrons. The third-order valence-corrected chi connectivity index (χ3v) is 9.58. The monoisotopic (exact) mass is 498 g/mol. The summed E-state index contributed by atoms with van der Waals surface area (Å²) in [5.74, 6) is -1.93. The number of rotatable bonds is 7. The van der Waals surface area contributed by atoms with Gasteiger partial charge in [0, 0.05) is 44.9 Å². The summed E-state index contributed by atoms with van der Waals surface area (Å²) in [5.41, 5.74) is 0.0254. The van der Waals surface area contributed by atoms with E-state index in [1.165, 1.54) is 35.3 Å². The molecule has 0 unspecified atom stereocenters. The van der Waals surface area contributed by atoms with E-state index in [9.17, 15) is 29.4 Å². The number of hydrogen-bond acceptors (Lipinski definition) is 8. The van der Waals surface area contributed by atoms with Crippen molar-refractivity contribution in [2.45, 2.75) is 43.4 Å². The van der Waals surface area contributed by atoms with Gasteiger partial charge in [-0.15, -0.1) is 11.8 Å². The lowest BCUT2D eigenvalue weighted by Gasteiger charge is -2.44. The summed E-state index contributed by atoms with van der Waals surface area (Å²) in [5, 5.41) is 19.7. The first-order valence-corrected chi connectivity index (χ1v) is 13.0. The highest BCUT2D eigenvalue weighted by Gasteiger charge is 2.58. The van der Waals surface area contributed by atoms with Crippen molar-refractivity contribution in [1.29, 1.82) is 0 Å². The van der Waals surface area contributed by atoms with E-state index in [0.29, 0.717) is 49.9 Å². The maximum atomic E-state index is 12.7. The molecular weight excluding hydrogens is 468 g/mol. The van der Waals surface area contributed by atoms with Crippen LogP contribution in [0, 0.1) is 5.92 Å². The van der Waals surface area contributed by atoms with Gasteiger partial charge in [0.25, 0.3) is 0 Å². The fourth-order valence-corrected chi connectivity index (χ4v) is 8.06. The molecule has 33 heavy (non-hydrogen) atoms. The van der Waals surface area contributed by atoms with Crippen LogP contribution in [0.5, 0.6) is 0 Å². The number of likely N-dealkylation sites (tertiary alicyclic amines) is 1. The van der Waals surface area contributed by atoms with E-state index in [1.807, 2.05) is 0 Å². The molecule has 182 valence electrons. The molecule has 0 aromatic rings. The van der Waals surface area contributed by atoms with Crippen molar-refractivity contribution >= 4 is 47.2 Å². The number of β-lactam (4-membered cyclic amide) rings is 1. The van der Waals surface area contributed by atoms with E-state index in [-0.39, 0.29) is 34.0 Å². The van der Waals surface area contributed by atoms with E-state index < -0.39 is 18.0 Å². The highest BCUT2D eigenvalue weighted by atomic mass is 32.2. The van der Waals surface area contributed by atoms with Gasteiger partial charge in [-0.3, -0.25) is 24.2 Å². The van der Waals surface area contributed by atoms with Crippen molar-refractivity contribution in [3.8, 4) is 0 Å². The first-order chi connectivity index (χ1) is 15.7. The molecule has 10 nitrogen and oxygen atoms in total. The Morgan fingerprint density at radius 2 is 1.82 bits per heavy atom. The maximum Gasteiger partial charge on any atom is 0.354 e. The second-order valence-electron chi connectivity index (χ2n) is 8.81. The van der Waals surface area contributed by atoms with Crippen LogP contribution >= 0.6 is 23.5 Å². The van der Waals surface area contributed by atoms with E-state index in [2.05, 4.69) is 4.90 Å². The van der Waals surface area contributed by atoms with Crippen molar-refractivity contribution in [3.05, 3.63) is 9.93 Å². The minimum atomic E-state index is -1.12. The van der Waals surface area contributed by atoms with Crippen LogP contribution in [0.3, 0.4) is 0 Å². The number of carbonyl (C=O) groups is 4. The number of amides is 3. The first-order valence-electron chi connectivity index (χ1n) is 11.3. The molecule has 2 N–H and O–H groups in total. The zero-order chi connectivity index (χ0) is 23.9. The highest BCUT2D eigenvalue weighted by Crippen LogP contribution is 2.55. The topological polar surface area (TPSA) is 122 Å². The van der Waals surface area contributed by atoms with E-state index in [1.54, 1.807) is 16.7 Å². The minimum Gasteiger partial charge on any atom is -0.477 e. The average Bonchev–Trinajstić information content (AvgIpc) is 3.36. The molecule has 0 aromatic carbocycles. The van der Waals surface area contributed by atoms with E-state index >= 15 is 0 Å². The van der Waals surface area contributed by atoms with Crippen molar-refractivity contribution in [3.63, 3.8) is 0 Å². The number of aliphatic hydroxyl groups is 1. The average molecular weight is 499 g/mol. The summed E-state index contributed by atoms with van der Waals surface area (Å²) in [4.78, 5) is 55.5. The summed E-state index contributed by atoms with van der Waals surface area (Å²) < 4.78 is 0.616. The van der Waals surface area contributed by atoms with Gasteiger partial charge in [0.1, 0.15) is 5.37 Å². The zero-order valence-electron chi connectivity index (χ0n) is 18.8. The number of carbonyl (C=O) groups excluding carboxylic acids is 3. The molecule has 4 aliphatic heterocycles. The first kappa shape index (κ1) is 24.4. The van der Waals surface area contributed by atoms with Crippen LogP contribution in [-0.2, 0) is 19.2 Å². The number of hydrogen-bond donors (Lipinski definition) is 2. The molecule has 4 aliphatic rings. The van der Waals surface area contributed by atoms with Crippen molar-refractivity contribution in [2.75, 3.05) is 45.8 Å². The van der Waals surface area contributed by atoms with Crippen LogP contribution < -0.4 is 0 Å². The van der Waals surface area contributed by atoms with Gasteiger partial charge < -0.3 is 20.0 Å². The van der Waals surface area contributed by atoms with Crippen molar-refractivity contribution < 1.29 is 29.4 Å². The predicted octanol–water partition coefficient (Wildman–Crippen LogP) is 0.0405. The van der Waals surface area contributed by atoms with Crippen molar-refractivity contribution in [1.82, 2.24) is 19.6 Å². The smallest absolute Gasteiger partial charge is 0.354 e. The van der Waals surface area contributed by atoms with Crippen LogP contribution in [0.25, 0.3) is 0 Å². The molecule has 12 heteroatoms. The Bertz CT molecular complexity index is 875. The molecule has 0 bridgehead atoms. The lowest BCUT2D eigenvalue weighted by atomic mass is 9.90. The summed E-state index contributed by atoms with van der Waals surface area (Å²) in [6.07, 6.45) is 0.504. The molecule has 0 spiro atoms. The number of carboxylic acids is 1. The molecule has 0 aromatic heterocycles. The van der Waals surface area contributed by atoms with Crippen LogP contribution in [0.4, 0.5) is 0 Å². The maximum absolute atomic E-state index is 12.7. The van der Waals surface area contributed by atoms with Crippen LogP contribution in [-0.4, -0.2) is 116 Å². The SMILES string of the molecule is CC[C@H](O)[C@@H]1C(=O)N2C(C(=O)O)=C(S[C@H]3CCN(CC(=O)N4CCN(C(C)=O)CC4)C3)S[C@H]12. The molecular formula is C21H30N4O6S2. The molecule has 4 rings (SSSR count). The quantitative estimate of drug-likeness (QED) is 0.469. The highest BCUT2D eigenvalue weighted by molar-refractivity contribution is 8.23. The Labute approximate surface area is 201 Å². The lowest BCUT2D eigenvalue weighted by Crippen LogP contribution is -2.61. The Morgan fingerprint density at radius 3 is 2.42 bits per heavy atom. The third-order valence-electron chi connectivity index (χ3n) is 6.72. The van der Waals surface area contributed by atoms with Gasteiger partial charge in [0.15, 0.2) is 5.70 Å². The van der Waals surface area contributed by atoms with Crippen LogP contribution in [0.1, 0.15) is 26.7 Å². The number of thioether (sulfide) groups is 2. The number of piperazine rings is 1. The number of nitrogens with zero attached hydrogens (tertiary/aromatic N) is 4. The molecule has 3 fully saturated rings. The fourth-order valence-electron chi connectivity index (χ4n) is 4.75. The second-order valence-corrected chi connectivity index (χ2v) is 11.5. The van der Waals surface area contributed by atoms with Gasteiger partial charge in [-0.25, -0.2) is 4.79 Å². The molecule has 3 saturated heterocycles. The Hall–Kier alpha value is -1.76. The number of aliphatic carboxylic acids is 1. The van der Waals surface area contributed by atoms with E-state index in [4.69, 9.17) is 0 Å². The molecule has 0 aliphatic carbocycles. The number of fused-ring (bicyclic) bond motifs is 1. The Balaban J connectivity index is 1.31. The van der Waals surface area contributed by atoms with Gasteiger partial charge in [-0.05, 0) is 19.4 Å². The summed E-state index contributed by atoms with van der Waals surface area (Å²) >= 11 is 2.83. The van der Waals surface area contributed by atoms with Gasteiger partial charge in [-0.1, -0.05) is 18.7 Å². The minimum absolute atomic E-state index is 0.0254. The summed E-state index contributed by atoms with van der Waals surface area (Å²) in [7, 11) is 0. The summed E-state index contributed by atoms with van der Waals surface area (Å²) in [6.45, 7) is 7.29. The fraction of sp³-hybridized carbons (Fsp3) is 0.714. The van der Waals surface area contributed by atoms with Gasteiger partial charge in [-0.2, -0.15) is 0 Å². The van der Waals surface area contributed by atoms with Gasteiger partial charge in [0.2, 0.25) is 17.7 Å². The van der Waals surface area contributed by atoms with Crippen LogP contribution in [0.2, 0.25) is 0 Å². The number of aliphatic hydroxyl groups excluding tert-OH is 1. The van der Waals surface area contributed by atoms with Gasteiger partial charge in [0.05, 0.1) is 22.8 Å². The van der Waals surface area contributed by atoms with Gasteiger partial charge >= 0.3 is 5.97 Å². The largest absolute Gasteiger partial charge is 0.477 e. The predicted molar refractivity (Wildman–Crippen MR) is 124 cm³/mol. The number of carboxylic acid groups (broad SMARTS) is 1. The summed E-state index contributed by atoms with van der Waals surface area (Å²) in [6, 6.07) is 0.